The number of nitrogen functional groups attached to an aromatic ring is 1. The van der Waals surface area contributed by atoms with E-state index in [4.69, 9.17) is 20.4 Å². The zero-order valence-corrected chi connectivity index (χ0v) is 13.4. The number of nitrogens with two attached hydrogens (primary N) is 1. The molecule has 0 amide bonds. The average Bonchev–Trinajstić information content (AvgIpc) is 3.47. The number of aromatic hydroxyl groups is 1. The van der Waals surface area contributed by atoms with Crippen molar-refractivity contribution in [3.63, 3.8) is 0 Å². The Balaban J connectivity index is 0.000000282. The lowest BCUT2D eigenvalue weighted by Gasteiger charge is -1.83. The van der Waals surface area contributed by atoms with Crippen molar-refractivity contribution in [1.82, 2.24) is 0 Å². The van der Waals surface area contributed by atoms with Gasteiger partial charge in [-0.2, -0.15) is 0 Å². The number of ether oxygens (including phenoxy) is 2. The van der Waals surface area contributed by atoms with E-state index in [0.29, 0.717) is 11.9 Å². The maximum absolute atomic E-state index is 8.63. The number of rotatable bonds is 0. The van der Waals surface area contributed by atoms with E-state index in [1.54, 1.807) is 24.3 Å². The summed E-state index contributed by atoms with van der Waals surface area (Å²) < 4.78 is 9.21. The van der Waals surface area contributed by atoms with Crippen molar-refractivity contribution >= 4 is 12.5 Å². The van der Waals surface area contributed by atoms with E-state index in [2.05, 4.69) is 11.7 Å². The highest BCUT2D eigenvalue weighted by Gasteiger charge is 2.13. The summed E-state index contributed by atoms with van der Waals surface area (Å²) in [6.45, 7) is 7.04. The molecule has 2 aliphatic heterocycles. The molecule has 0 aromatic heterocycles. The van der Waals surface area contributed by atoms with E-state index < -0.39 is 0 Å². The molecule has 0 bridgehead atoms. The molecule has 0 spiro atoms. The standard InChI is InChI=1S/C6H7N.C6H6O.C3H6O.C2H4O.CH2O/c2*7-6-4-2-1-3-5-6;1-3-2-4-3;1-2-3-1;1-2/h1-5H,7H2;1-5,7H;3H,2H2,1H3;1-2H2;1H2. The molecule has 0 aliphatic carbocycles. The van der Waals surface area contributed by atoms with Crippen LogP contribution in [-0.4, -0.2) is 37.8 Å². The molecule has 2 heterocycles. The minimum atomic E-state index is 0.322. The van der Waals surface area contributed by atoms with Gasteiger partial charge in [-0.25, -0.2) is 0 Å². The van der Waals surface area contributed by atoms with E-state index >= 15 is 0 Å². The molecule has 2 aromatic carbocycles. The summed E-state index contributed by atoms with van der Waals surface area (Å²) in [5.41, 5.74) is 6.18. The van der Waals surface area contributed by atoms with Crippen LogP contribution in [0, 0.1) is 0 Å². The van der Waals surface area contributed by atoms with Crippen LogP contribution < -0.4 is 5.73 Å². The normalized spacial score (nSPS) is 15.4. The van der Waals surface area contributed by atoms with Crippen molar-refractivity contribution in [3.05, 3.63) is 60.7 Å². The summed E-state index contributed by atoms with van der Waals surface area (Å²) in [6.07, 6.45) is 0.583. The molecule has 4 rings (SSSR count). The van der Waals surface area contributed by atoms with Crippen molar-refractivity contribution < 1.29 is 19.4 Å². The van der Waals surface area contributed by atoms with Crippen LogP contribution in [0.5, 0.6) is 5.75 Å². The van der Waals surface area contributed by atoms with Gasteiger partial charge in [-0.1, -0.05) is 36.4 Å². The second kappa shape index (κ2) is 14.6. The molecule has 2 fully saturated rings. The minimum absolute atomic E-state index is 0.322. The van der Waals surface area contributed by atoms with Gasteiger partial charge in [0.1, 0.15) is 12.5 Å². The van der Waals surface area contributed by atoms with Gasteiger partial charge in [-0.05, 0) is 31.2 Å². The number of anilines is 1. The predicted octanol–water partition coefficient (Wildman–Crippen LogP) is 2.90. The van der Waals surface area contributed by atoms with Crippen LogP contribution in [0.4, 0.5) is 5.69 Å². The number of carbonyl (C=O) groups excluding carboxylic acids is 1. The van der Waals surface area contributed by atoms with Gasteiger partial charge in [0.25, 0.3) is 0 Å². The highest BCUT2D eigenvalue weighted by Crippen LogP contribution is 2.04. The van der Waals surface area contributed by atoms with Crippen LogP contribution >= 0.6 is 0 Å². The monoisotopic (exact) mass is 319 g/mol. The lowest BCUT2D eigenvalue weighted by atomic mass is 10.3. The molecule has 0 saturated carbocycles. The fourth-order valence-corrected chi connectivity index (χ4v) is 0.977. The van der Waals surface area contributed by atoms with E-state index in [1.165, 1.54) is 0 Å². The van der Waals surface area contributed by atoms with E-state index in [1.807, 2.05) is 43.2 Å². The Morgan fingerprint density at radius 1 is 1.00 bits per heavy atom. The molecule has 0 radical (unpaired) electrons. The highest BCUT2D eigenvalue weighted by atomic mass is 16.6. The number of carbonyl (C=O) groups is 1. The molecular formula is C18H25NO4. The van der Waals surface area contributed by atoms with Gasteiger partial charge in [0.2, 0.25) is 0 Å². The first kappa shape index (κ1) is 20.6. The maximum Gasteiger partial charge on any atom is 0.115 e. The van der Waals surface area contributed by atoms with Gasteiger partial charge in [-0.3, -0.25) is 0 Å². The fraction of sp³-hybridized carbons (Fsp3) is 0.278. The van der Waals surface area contributed by atoms with Crippen LogP contribution in [0.3, 0.4) is 0 Å². The van der Waals surface area contributed by atoms with Crippen LogP contribution in [-0.2, 0) is 14.3 Å². The lowest BCUT2D eigenvalue weighted by molar-refractivity contribution is -0.0979. The van der Waals surface area contributed by atoms with Crippen LogP contribution in [0.1, 0.15) is 6.92 Å². The summed E-state index contributed by atoms with van der Waals surface area (Å²) in [7, 11) is 0. The molecule has 1 unspecified atom stereocenters. The Morgan fingerprint density at radius 3 is 1.48 bits per heavy atom. The summed E-state index contributed by atoms with van der Waals surface area (Å²) in [5, 5.41) is 8.63. The molecule has 1 atom stereocenters. The predicted molar refractivity (Wildman–Crippen MR) is 92.3 cm³/mol. The largest absolute Gasteiger partial charge is 0.508 e. The third-order valence-electron chi connectivity index (χ3n) is 2.26. The van der Waals surface area contributed by atoms with Gasteiger partial charge in [0.05, 0.1) is 25.9 Å². The highest BCUT2D eigenvalue weighted by molar-refractivity contribution is 5.35. The maximum atomic E-state index is 8.63. The van der Waals surface area contributed by atoms with Crippen molar-refractivity contribution in [2.24, 2.45) is 0 Å². The van der Waals surface area contributed by atoms with Gasteiger partial charge >= 0.3 is 0 Å². The third-order valence-corrected chi connectivity index (χ3v) is 2.26. The summed E-state index contributed by atoms with van der Waals surface area (Å²) in [5.74, 6) is 0.322. The molecule has 5 heteroatoms. The third kappa shape index (κ3) is 19.6. The van der Waals surface area contributed by atoms with Gasteiger partial charge in [-0.15, -0.1) is 0 Å². The van der Waals surface area contributed by atoms with E-state index in [-0.39, 0.29) is 0 Å². The first-order valence-corrected chi connectivity index (χ1v) is 7.21. The Bertz CT molecular complexity index is 433. The van der Waals surface area contributed by atoms with Crippen LogP contribution in [0.25, 0.3) is 0 Å². The van der Waals surface area contributed by atoms with Gasteiger partial charge in [0, 0.05) is 5.69 Å². The Labute approximate surface area is 137 Å². The molecule has 3 N–H and O–H groups in total. The van der Waals surface area contributed by atoms with Crippen molar-refractivity contribution in [1.29, 1.82) is 0 Å². The molecule has 5 nitrogen and oxygen atoms in total. The molecule has 2 saturated heterocycles. The molecule has 126 valence electrons. The Kier molecular flexibility index (Phi) is 13.1. The summed E-state index contributed by atoms with van der Waals surface area (Å²) in [6, 6.07) is 18.2. The van der Waals surface area contributed by atoms with Crippen LogP contribution in [0.2, 0.25) is 0 Å². The second-order valence-electron chi connectivity index (χ2n) is 4.50. The number of epoxide rings is 2. The Morgan fingerprint density at radius 2 is 1.35 bits per heavy atom. The average molecular weight is 319 g/mol. The number of benzene rings is 2. The number of phenols is 1. The van der Waals surface area contributed by atoms with Crippen molar-refractivity contribution in [2.75, 3.05) is 25.6 Å². The van der Waals surface area contributed by atoms with E-state index in [9.17, 15) is 0 Å². The first-order valence-electron chi connectivity index (χ1n) is 7.21. The topological polar surface area (TPSA) is 88.4 Å². The molecule has 23 heavy (non-hydrogen) atoms. The summed E-state index contributed by atoms with van der Waals surface area (Å²) in [4.78, 5) is 8.00. The van der Waals surface area contributed by atoms with Crippen molar-refractivity contribution in [2.45, 2.75) is 13.0 Å². The van der Waals surface area contributed by atoms with Gasteiger partial charge < -0.3 is 25.1 Å². The first-order chi connectivity index (χ1) is 11.2. The molecule has 2 aromatic rings. The lowest BCUT2D eigenvalue weighted by Crippen LogP contribution is -1.79. The number of phenolic OH excluding ortho intramolecular Hbond substituents is 1. The smallest absolute Gasteiger partial charge is 0.115 e. The number of hydrogen-bond acceptors (Lipinski definition) is 5. The van der Waals surface area contributed by atoms with Crippen molar-refractivity contribution in [3.8, 4) is 5.75 Å². The number of para-hydroxylation sites is 2. The number of hydrogen-bond donors (Lipinski definition) is 2. The zero-order chi connectivity index (χ0) is 17.3. The minimum Gasteiger partial charge on any atom is -0.508 e. The summed E-state index contributed by atoms with van der Waals surface area (Å²) >= 11 is 0. The van der Waals surface area contributed by atoms with E-state index in [0.717, 1.165) is 25.5 Å². The molecule has 2 aliphatic rings. The second-order valence-corrected chi connectivity index (χ2v) is 4.50. The molecular weight excluding hydrogens is 294 g/mol. The Hall–Kier alpha value is -2.37. The zero-order valence-electron chi connectivity index (χ0n) is 13.4. The SMILES string of the molecule is C1CO1.C=O.CC1CO1.Nc1ccccc1.Oc1ccccc1. The van der Waals surface area contributed by atoms with Gasteiger partial charge in [0.15, 0.2) is 0 Å². The van der Waals surface area contributed by atoms with Crippen LogP contribution in [0.15, 0.2) is 60.7 Å². The fourth-order valence-electron chi connectivity index (χ4n) is 0.977. The quantitative estimate of drug-likeness (QED) is 0.576.